The molecule has 0 N–H and O–H groups in total. The van der Waals surface area contributed by atoms with Gasteiger partial charge in [-0.05, 0) is 25.8 Å². The third-order valence-electron chi connectivity index (χ3n) is 4.45. The van der Waals surface area contributed by atoms with Crippen molar-refractivity contribution in [3.8, 4) is 11.4 Å². The number of ketones is 1. The average Bonchev–Trinajstić information content (AvgIpc) is 2.89. The molecule has 0 bridgehead atoms. The molecule has 1 heterocycles. The molecule has 0 spiro atoms. The Morgan fingerprint density at radius 3 is 2.46 bits per heavy atom. The first-order valence-electron chi connectivity index (χ1n) is 8.72. The highest BCUT2D eigenvalue weighted by molar-refractivity contribution is 5.78. The maximum Gasteiger partial charge on any atom is 0.346 e. The Morgan fingerprint density at radius 1 is 1.04 bits per heavy atom. The maximum absolute atomic E-state index is 12.4. The van der Waals surface area contributed by atoms with E-state index in [2.05, 4.69) is 11.2 Å². The number of nitrogens with zero attached hydrogens (tertiary/aromatic N) is 3. The molecule has 0 aliphatic heterocycles. The van der Waals surface area contributed by atoms with E-state index in [1.165, 1.54) is 14.8 Å². The lowest BCUT2D eigenvalue weighted by Crippen LogP contribution is -2.26. The van der Waals surface area contributed by atoms with Crippen LogP contribution >= 0.6 is 0 Å². The summed E-state index contributed by atoms with van der Waals surface area (Å²) in [4.78, 5) is 24.7. The van der Waals surface area contributed by atoms with E-state index >= 15 is 0 Å². The zero-order valence-corrected chi connectivity index (χ0v) is 15.4. The molecule has 0 fully saturated rings. The van der Waals surface area contributed by atoms with Crippen molar-refractivity contribution in [2.45, 2.75) is 33.2 Å². The molecule has 3 aromatic rings. The van der Waals surface area contributed by atoms with Gasteiger partial charge in [0.1, 0.15) is 6.54 Å². The highest BCUT2D eigenvalue weighted by Crippen LogP contribution is 2.15. The summed E-state index contributed by atoms with van der Waals surface area (Å²) in [5.74, 6) is 0.573. The van der Waals surface area contributed by atoms with Gasteiger partial charge in [-0.25, -0.2) is 9.48 Å². The minimum Gasteiger partial charge on any atom is -0.298 e. The van der Waals surface area contributed by atoms with Crippen LogP contribution in [-0.4, -0.2) is 20.1 Å². The Bertz CT molecular complexity index is 981. The van der Waals surface area contributed by atoms with Crippen LogP contribution < -0.4 is 5.69 Å². The molecule has 134 valence electrons. The summed E-state index contributed by atoms with van der Waals surface area (Å²) in [5, 5.41) is 4.36. The number of aryl methyl sites for hydroxylation is 3. The first kappa shape index (κ1) is 17.9. The van der Waals surface area contributed by atoms with Crippen LogP contribution in [-0.2, 0) is 24.8 Å². The molecule has 0 unspecified atom stereocenters. The predicted octanol–water partition coefficient (Wildman–Crippen LogP) is 3.07. The molecule has 0 atom stereocenters. The van der Waals surface area contributed by atoms with Crippen LogP contribution in [0.2, 0.25) is 0 Å². The van der Waals surface area contributed by atoms with Crippen LogP contribution in [0.5, 0.6) is 0 Å². The molecule has 2 aromatic carbocycles. The van der Waals surface area contributed by atoms with E-state index in [1.54, 1.807) is 7.05 Å². The van der Waals surface area contributed by atoms with Crippen molar-refractivity contribution in [1.29, 1.82) is 0 Å². The minimum atomic E-state index is -0.274. The van der Waals surface area contributed by atoms with Crippen LogP contribution in [0.4, 0.5) is 0 Å². The van der Waals surface area contributed by atoms with Gasteiger partial charge < -0.3 is 0 Å². The van der Waals surface area contributed by atoms with Gasteiger partial charge in [0.15, 0.2) is 11.6 Å². The number of aromatic nitrogens is 3. The first-order chi connectivity index (χ1) is 12.4. The fraction of sp³-hybridized carbons (Fsp3) is 0.286. The van der Waals surface area contributed by atoms with Crippen LogP contribution in [0.15, 0.2) is 53.3 Å². The zero-order chi connectivity index (χ0) is 18.7. The second kappa shape index (κ2) is 7.52. The number of carbonyl (C=O) groups is 1. The Morgan fingerprint density at radius 2 is 1.77 bits per heavy atom. The van der Waals surface area contributed by atoms with Gasteiger partial charge in [-0.3, -0.25) is 9.36 Å². The average molecular weight is 349 g/mol. The van der Waals surface area contributed by atoms with Crippen LogP contribution in [0.1, 0.15) is 23.1 Å². The molecule has 5 heteroatoms. The lowest BCUT2D eigenvalue weighted by molar-refractivity contribution is -0.119. The Balaban J connectivity index is 1.71. The Labute approximate surface area is 152 Å². The lowest BCUT2D eigenvalue weighted by Gasteiger charge is -2.02. The quantitative estimate of drug-likeness (QED) is 0.687. The van der Waals surface area contributed by atoms with E-state index in [4.69, 9.17) is 0 Å². The lowest BCUT2D eigenvalue weighted by atomic mass is 10.1. The highest BCUT2D eigenvalue weighted by Gasteiger charge is 2.14. The standard InChI is InChI=1S/C21H23N3O2/c1-15-7-10-18(11-8-15)20-22-24(21(26)23(20)3)14-19(25)12-9-17-6-4-5-16(2)13-17/h4-8,10-11,13H,9,12,14H2,1-3H3. The van der Waals surface area contributed by atoms with Gasteiger partial charge in [0.05, 0.1) is 0 Å². The summed E-state index contributed by atoms with van der Waals surface area (Å²) in [6.45, 7) is 4.05. The zero-order valence-electron chi connectivity index (χ0n) is 15.4. The first-order valence-corrected chi connectivity index (χ1v) is 8.72. The molecule has 0 radical (unpaired) electrons. The van der Waals surface area contributed by atoms with Crippen molar-refractivity contribution < 1.29 is 4.79 Å². The Hall–Kier alpha value is -2.95. The molecule has 0 saturated carbocycles. The number of rotatable bonds is 6. The summed E-state index contributed by atoms with van der Waals surface area (Å²) in [5.41, 5.74) is 4.04. The number of benzene rings is 2. The highest BCUT2D eigenvalue weighted by atomic mass is 16.2. The van der Waals surface area contributed by atoms with E-state index in [0.717, 1.165) is 16.7 Å². The molecule has 5 nitrogen and oxygen atoms in total. The van der Waals surface area contributed by atoms with Crippen LogP contribution in [0.3, 0.4) is 0 Å². The van der Waals surface area contributed by atoms with Crippen molar-refractivity contribution in [2.75, 3.05) is 0 Å². The van der Waals surface area contributed by atoms with Gasteiger partial charge in [-0.1, -0.05) is 59.7 Å². The van der Waals surface area contributed by atoms with Crippen molar-refractivity contribution in [3.05, 3.63) is 75.7 Å². The molecule has 0 aliphatic rings. The van der Waals surface area contributed by atoms with Crippen molar-refractivity contribution >= 4 is 5.78 Å². The maximum atomic E-state index is 12.4. The van der Waals surface area contributed by atoms with E-state index in [9.17, 15) is 9.59 Å². The van der Waals surface area contributed by atoms with Gasteiger partial charge in [0.2, 0.25) is 0 Å². The number of hydrogen-bond donors (Lipinski definition) is 0. The molecule has 1 aromatic heterocycles. The smallest absolute Gasteiger partial charge is 0.298 e. The molecule has 0 amide bonds. The summed E-state index contributed by atoms with van der Waals surface area (Å²) in [6.07, 6.45) is 1.07. The third-order valence-corrected chi connectivity index (χ3v) is 4.45. The molecular weight excluding hydrogens is 326 g/mol. The van der Waals surface area contributed by atoms with Gasteiger partial charge in [0, 0.05) is 19.0 Å². The molecule has 0 aliphatic carbocycles. The summed E-state index contributed by atoms with van der Waals surface area (Å²) < 4.78 is 2.74. The van der Waals surface area contributed by atoms with Crippen LogP contribution in [0, 0.1) is 13.8 Å². The topological polar surface area (TPSA) is 56.9 Å². The predicted molar refractivity (Wildman–Crippen MR) is 102 cm³/mol. The molecular formula is C21H23N3O2. The monoisotopic (exact) mass is 349 g/mol. The summed E-state index contributed by atoms with van der Waals surface area (Å²) >= 11 is 0. The normalized spacial score (nSPS) is 10.9. The van der Waals surface area contributed by atoms with Gasteiger partial charge in [-0.15, -0.1) is 5.10 Å². The second-order valence-corrected chi connectivity index (χ2v) is 6.72. The number of Topliss-reactive ketones (excluding diaryl/α,β-unsaturated/α-hetero) is 1. The van der Waals surface area contributed by atoms with Gasteiger partial charge in [0.25, 0.3) is 0 Å². The number of hydrogen-bond acceptors (Lipinski definition) is 3. The van der Waals surface area contributed by atoms with E-state index in [1.807, 2.05) is 56.3 Å². The van der Waals surface area contributed by atoms with Gasteiger partial charge >= 0.3 is 5.69 Å². The fourth-order valence-corrected chi connectivity index (χ4v) is 2.94. The fourth-order valence-electron chi connectivity index (χ4n) is 2.94. The van der Waals surface area contributed by atoms with Crippen molar-refractivity contribution in [3.63, 3.8) is 0 Å². The molecule has 0 saturated heterocycles. The SMILES string of the molecule is Cc1ccc(-c2nn(CC(=O)CCc3cccc(C)c3)c(=O)n2C)cc1. The van der Waals surface area contributed by atoms with Crippen LogP contribution in [0.25, 0.3) is 11.4 Å². The minimum absolute atomic E-state index is 0.00200. The van der Waals surface area contributed by atoms with E-state index < -0.39 is 0 Å². The summed E-state index contributed by atoms with van der Waals surface area (Å²) in [6, 6.07) is 15.9. The van der Waals surface area contributed by atoms with Crippen molar-refractivity contribution in [1.82, 2.24) is 14.3 Å². The largest absolute Gasteiger partial charge is 0.346 e. The van der Waals surface area contributed by atoms with E-state index in [0.29, 0.717) is 18.7 Å². The molecule has 26 heavy (non-hydrogen) atoms. The molecule has 3 rings (SSSR count). The van der Waals surface area contributed by atoms with Gasteiger partial charge in [-0.2, -0.15) is 0 Å². The Kier molecular flexibility index (Phi) is 5.16. The third kappa shape index (κ3) is 3.99. The second-order valence-electron chi connectivity index (χ2n) is 6.72. The number of carbonyl (C=O) groups excluding carboxylic acids is 1. The van der Waals surface area contributed by atoms with E-state index in [-0.39, 0.29) is 18.0 Å². The van der Waals surface area contributed by atoms with Crippen molar-refractivity contribution in [2.24, 2.45) is 7.05 Å². The summed E-state index contributed by atoms with van der Waals surface area (Å²) in [7, 11) is 1.68.